The molecule has 126 valence electrons. The summed E-state index contributed by atoms with van der Waals surface area (Å²) in [7, 11) is 4.85. The van der Waals surface area contributed by atoms with Gasteiger partial charge in [0.2, 0.25) is 5.88 Å². The van der Waals surface area contributed by atoms with E-state index < -0.39 is 10.8 Å². The highest BCUT2D eigenvalue weighted by molar-refractivity contribution is 6.09. The summed E-state index contributed by atoms with van der Waals surface area (Å²) in [5.41, 5.74) is 6.70. The zero-order valence-corrected chi connectivity index (χ0v) is 13.4. The SMILES string of the molecule is COc1ccc(NC(=O)c2ccc([N+](=O)[O-])cc2N(C)C)c(N)n1. The number of aromatic nitrogens is 1. The molecule has 0 spiro atoms. The number of carbonyl (C=O) groups is 1. The minimum absolute atomic E-state index is 0.0964. The van der Waals surface area contributed by atoms with Crippen LogP contribution in [0.1, 0.15) is 10.4 Å². The first-order chi connectivity index (χ1) is 11.3. The highest BCUT2D eigenvalue weighted by atomic mass is 16.6. The van der Waals surface area contributed by atoms with Crippen LogP contribution in [0.2, 0.25) is 0 Å². The van der Waals surface area contributed by atoms with Gasteiger partial charge in [-0.3, -0.25) is 14.9 Å². The first-order valence-electron chi connectivity index (χ1n) is 6.91. The Morgan fingerprint density at radius 2 is 2.04 bits per heavy atom. The fourth-order valence-electron chi connectivity index (χ4n) is 2.06. The van der Waals surface area contributed by atoms with Crippen LogP contribution in [0.3, 0.4) is 0 Å². The molecule has 3 N–H and O–H groups in total. The highest BCUT2D eigenvalue weighted by Crippen LogP contribution is 2.27. The number of rotatable bonds is 5. The molecule has 0 aliphatic carbocycles. The molecule has 9 nitrogen and oxygen atoms in total. The maximum Gasteiger partial charge on any atom is 0.271 e. The Morgan fingerprint density at radius 3 is 2.58 bits per heavy atom. The Labute approximate surface area is 138 Å². The molecule has 0 saturated carbocycles. The lowest BCUT2D eigenvalue weighted by atomic mass is 10.1. The fraction of sp³-hybridized carbons (Fsp3) is 0.200. The lowest BCUT2D eigenvalue weighted by Gasteiger charge is -2.17. The number of nitrogens with one attached hydrogen (secondary N) is 1. The molecule has 0 unspecified atom stereocenters. The minimum atomic E-state index is -0.514. The van der Waals surface area contributed by atoms with Crippen LogP contribution in [-0.4, -0.2) is 37.0 Å². The second-order valence-electron chi connectivity index (χ2n) is 5.09. The van der Waals surface area contributed by atoms with E-state index in [9.17, 15) is 14.9 Å². The Hall–Kier alpha value is -3.36. The smallest absolute Gasteiger partial charge is 0.271 e. The summed E-state index contributed by atoms with van der Waals surface area (Å²) in [6, 6.07) is 7.15. The Balaban J connectivity index is 2.34. The molecule has 24 heavy (non-hydrogen) atoms. The molecule has 0 atom stereocenters. The van der Waals surface area contributed by atoms with Crippen LogP contribution in [-0.2, 0) is 0 Å². The molecule has 9 heteroatoms. The van der Waals surface area contributed by atoms with E-state index in [1.807, 2.05) is 0 Å². The number of pyridine rings is 1. The Morgan fingerprint density at radius 1 is 1.33 bits per heavy atom. The average molecular weight is 331 g/mol. The molecule has 1 heterocycles. The number of nitrogen functional groups attached to an aromatic ring is 1. The third-order valence-corrected chi connectivity index (χ3v) is 3.28. The van der Waals surface area contributed by atoms with Crippen LogP contribution in [0.4, 0.5) is 22.9 Å². The summed E-state index contributed by atoms with van der Waals surface area (Å²) >= 11 is 0. The number of benzene rings is 1. The van der Waals surface area contributed by atoms with Crippen molar-refractivity contribution in [3.05, 3.63) is 46.0 Å². The largest absolute Gasteiger partial charge is 0.481 e. The van der Waals surface area contributed by atoms with E-state index in [0.29, 0.717) is 17.3 Å². The third kappa shape index (κ3) is 3.51. The lowest BCUT2D eigenvalue weighted by Crippen LogP contribution is -2.19. The van der Waals surface area contributed by atoms with Crippen LogP contribution >= 0.6 is 0 Å². The number of hydrogen-bond acceptors (Lipinski definition) is 7. The number of non-ortho nitro benzene ring substituents is 1. The standard InChI is InChI=1S/C15H17N5O4/c1-19(2)12-8-9(20(22)23)4-5-10(12)15(21)17-11-6-7-13(24-3)18-14(11)16/h4-8H,1-3H3,(H2,16,18)(H,17,21). The van der Waals surface area contributed by atoms with Crippen molar-refractivity contribution in [2.24, 2.45) is 0 Å². The number of nitrogens with two attached hydrogens (primary N) is 1. The number of methoxy groups -OCH3 is 1. The van der Waals surface area contributed by atoms with Gasteiger partial charge in [0.25, 0.3) is 11.6 Å². The van der Waals surface area contributed by atoms with Crippen LogP contribution in [0.25, 0.3) is 0 Å². The molecule has 0 saturated heterocycles. The van der Waals surface area contributed by atoms with Gasteiger partial charge in [0.15, 0.2) is 5.82 Å². The van der Waals surface area contributed by atoms with E-state index in [2.05, 4.69) is 10.3 Å². The van der Waals surface area contributed by atoms with Crippen molar-refractivity contribution in [1.82, 2.24) is 4.98 Å². The van der Waals surface area contributed by atoms with Crippen molar-refractivity contribution >= 4 is 28.8 Å². The van der Waals surface area contributed by atoms with E-state index in [4.69, 9.17) is 10.5 Å². The molecule has 0 aliphatic rings. The van der Waals surface area contributed by atoms with Crippen molar-refractivity contribution in [3.63, 3.8) is 0 Å². The number of hydrogen-bond donors (Lipinski definition) is 2. The molecule has 0 aliphatic heterocycles. The number of carbonyl (C=O) groups excluding carboxylic acids is 1. The van der Waals surface area contributed by atoms with E-state index in [1.165, 1.54) is 25.3 Å². The maximum atomic E-state index is 12.5. The zero-order valence-electron chi connectivity index (χ0n) is 13.4. The monoisotopic (exact) mass is 331 g/mol. The Bertz CT molecular complexity index is 791. The minimum Gasteiger partial charge on any atom is -0.481 e. The van der Waals surface area contributed by atoms with Crippen molar-refractivity contribution in [2.45, 2.75) is 0 Å². The van der Waals surface area contributed by atoms with Gasteiger partial charge in [0.1, 0.15) is 0 Å². The number of nitro benzene ring substituents is 1. The van der Waals surface area contributed by atoms with Crippen molar-refractivity contribution in [2.75, 3.05) is 37.2 Å². The van der Waals surface area contributed by atoms with E-state index in [0.717, 1.165) is 0 Å². The summed E-state index contributed by atoms with van der Waals surface area (Å²) in [5.74, 6) is -0.0157. The van der Waals surface area contributed by atoms with Gasteiger partial charge in [-0.15, -0.1) is 0 Å². The first-order valence-corrected chi connectivity index (χ1v) is 6.91. The quantitative estimate of drug-likeness (QED) is 0.633. The summed E-state index contributed by atoms with van der Waals surface area (Å²) in [4.78, 5) is 28.5. The normalized spacial score (nSPS) is 10.1. The van der Waals surface area contributed by atoms with Gasteiger partial charge < -0.3 is 20.7 Å². The second kappa shape index (κ2) is 6.82. The molecule has 1 amide bonds. The molecular weight excluding hydrogens is 314 g/mol. The van der Waals surface area contributed by atoms with Crippen LogP contribution in [0.15, 0.2) is 30.3 Å². The summed E-state index contributed by atoms with van der Waals surface area (Å²) < 4.78 is 4.95. The molecule has 2 rings (SSSR count). The van der Waals surface area contributed by atoms with Gasteiger partial charge in [-0.1, -0.05) is 0 Å². The van der Waals surface area contributed by atoms with Crippen LogP contribution in [0, 0.1) is 10.1 Å². The van der Waals surface area contributed by atoms with Crippen molar-refractivity contribution in [3.8, 4) is 5.88 Å². The van der Waals surface area contributed by atoms with E-state index >= 15 is 0 Å². The molecule has 0 radical (unpaired) electrons. The molecule has 0 fully saturated rings. The van der Waals surface area contributed by atoms with Gasteiger partial charge in [-0.25, -0.2) is 0 Å². The van der Waals surface area contributed by atoms with E-state index in [-0.39, 0.29) is 17.1 Å². The third-order valence-electron chi connectivity index (χ3n) is 3.28. The lowest BCUT2D eigenvalue weighted by molar-refractivity contribution is -0.384. The maximum absolute atomic E-state index is 12.5. The molecular formula is C15H17N5O4. The van der Waals surface area contributed by atoms with Gasteiger partial charge in [0, 0.05) is 32.3 Å². The Kier molecular flexibility index (Phi) is 4.83. The van der Waals surface area contributed by atoms with Crippen LogP contribution in [0.5, 0.6) is 5.88 Å². The van der Waals surface area contributed by atoms with Gasteiger partial charge >= 0.3 is 0 Å². The summed E-state index contributed by atoms with van der Waals surface area (Å²) in [5, 5.41) is 13.5. The predicted octanol–water partition coefficient (Wildman–Crippen LogP) is 1.90. The summed E-state index contributed by atoms with van der Waals surface area (Å²) in [6.45, 7) is 0. The van der Waals surface area contributed by atoms with Crippen LogP contribution < -0.4 is 20.7 Å². The topological polar surface area (TPSA) is 124 Å². The first kappa shape index (κ1) is 17.0. The van der Waals surface area contributed by atoms with Crippen molar-refractivity contribution in [1.29, 1.82) is 0 Å². The fourth-order valence-corrected chi connectivity index (χ4v) is 2.06. The zero-order chi connectivity index (χ0) is 17.9. The molecule has 2 aromatic rings. The molecule has 1 aromatic heterocycles. The van der Waals surface area contributed by atoms with Gasteiger partial charge in [-0.05, 0) is 12.1 Å². The second-order valence-corrected chi connectivity index (χ2v) is 5.09. The van der Waals surface area contributed by atoms with E-state index in [1.54, 1.807) is 31.1 Å². The van der Waals surface area contributed by atoms with Gasteiger partial charge in [-0.2, -0.15) is 4.98 Å². The molecule has 1 aromatic carbocycles. The number of anilines is 3. The number of ether oxygens (including phenoxy) is 1. The molecule has 0 bridgehead atoms. The summed E-state index contributed by atoms with van der Waals surface area (Å²) in [6.07, 6.45) is 0. The number of nitrogens with zero attached hydrogens (tertiary/aromatic N) is 3. The predicted molar refractivity (Wildman–Crippen MR) is 90.6 cm³/mol. The van der Waals surface area contributed by atoms with Crippen molar-refractivity contribution < 1.29 is 14.5 Å². The number of nitro groups is 1. The average Bonchev–Trinajstić information content (AvgIpc) is 2.55. The van der Waals surface area contributed by atoms with Gasteiger partial charge in [0.05, 0.1) is 29.0 Å². The highest BCUT2D eigenvalue weighted by Gasteiger charge is 2.18. The number of amides is 1.